The molecule has 4 rings (SSSR count). The highest BCUT2D eigenvalue weighted by Gasteiger charge is 2.21. The molecule has 0 aliphatic rings. The zero-order chi connectivity index (χ0) is 25.0. The lowest BCUT2D eigenvalue weighted by atomic mass is 9.93. The first-order valence-electron chi connectivity index (χ1n) is 10.4. The van der Waals surface area contributed by atoms with Gasteiger partial charge in [-0.3, -0.25) is 10.1 Å². The first kappa shape index (κ1) is 24.2. The lowest BCUT2D eigenvalue weighted by Gasteiger charge is -2.12. The number of anilines is 3. The summed E-state index contributed by atoms with van der Waals surface area (Å²) in [6.45, 7) is 5.95. The molecule has 3 N–H and O–H groups in total. The first-order valence-corrected chi connectivity index (χ1v) is 11.5. The van der Waals surface area contributed by atoms with Gasteiger partial charge in [-0.2, -0.15) is 0 Å². The van der Waals surface area contributed by atoms with E-state index in [2.05, 4.69) is 30.7 Å². The predicted octanol–water partition coefficient (Wildman–Crippen LogP) is 6.17. The van der Waals surface area contributed by atoms with Crippen molar-refractivity contribution in [2.75, 3.05) is 16.0 Å². The maximum absolute atomic E-state index is 12.7. The number of hydrogen-bond donors (Lipinski definition) is 3. The van der Waals surface area contributed by atoms with Gasteiger partial charge in [0.05, 0.1) is 0 Å². The largest absolute Gasteiger partial charge is 0.443 e. The smallest absolute Gasteiger partial charge is 0.324 e. The molecule has 0 radical (unpaired) electrons. The number of carbonyl (C=O) groups is 2. The molecule has 0 atom stereocenters. The lowest BCUT2D eigenvalue weighted by molar-refractivity contribution is 0.102. The van der Waals surface area contributed by atoms with Gasteiger partial charge in [0, 0.05) is 39.4 Å². The second-order valence-electron chi connectivity index (χ2n) is 8.40. The first-order chi connectivity index (χ1) is 16.7. The van der Waals surface area contributed by atoms with Gasteiger partial charge in [0.15, 0.2) is 5.82 Å². The van der Waals surface area contributed by atoms with E-state index in [9.17, 15) is 9.59 Å². The number of nitrogens with one attached hydrogen (secondary N) is 3. The molecule has 10 nitrogen and oxygen atoms in total. The quantitative estimate of drug-likeness (QED) is 0.281. The SMILES string of the molecule is CC(C)(C)c1cc(NC(=O)Nc2ccc(NC(=O)c3nnsc3Oc3ccc(Cl)cc3)cc2)no1. The number of benzene rings is 2. The Bertz CT molecular complexity index is 1330. The summed E-state index contributed by atoms with van der Waals surface area (Å²) in [6, 6.07) is 14.5. The molecule has 0 saturated carbocycles. The highest BCUT2D eigenvalue weighted by Crippen LogP contribution is 2.29. The third kappa shape index (κ3) is 6.34. The zero-order valence-corrected chi connectivity index (χ0v) is 20.5. The van der Waals surface area contributed by atoms with E-state index < -0.39 is 11.9 Å². The Morgan fingerprint density at radius 2 is 1.63 bits per heavy atom. The van der Waals surface area contributed by atoms with Crippen LogP contribution in [0.3, 0.4) is 0 Å². The Kier molecular flexibility index (Phi) is 6.99. The van der Waals surface area contributed by atoms with Crippen LogP contribution in [0.5, 0.6) is 10.8 Å². The van der Waals surface area contributed by atoms with Crippen LogP contribution in [0, 0.1) is 0 Å². The third-order valence-corrected chi connectivity index (χ3v) is 5.45. The van der Waals surface area contributed by atoms with Gasteiger partial charge in [-0.05, 0) is 48.5 Å². The number of ether oxygens (including phenoxy) is 1. The van der Waals surface area contributed by atoms with E-state index >= 15 is 0 Å². The predicted molar refractivity (Wildman–Crippen MR) is 134 cm³/mol. The number of aromatic nitrogens is 3. The van der Waals surface area contributed by atoms with Crippen LogP contribution in [0.25, 0.3) is 0 Å². The Balaban J connectivity index is 1.33. The molecular formula is C23H21ClN6O4S. The second kappa shape index (κ2) is 10.1. The Morgan fingerprint density at radius 1 is 0.971 bits per heavy atom. The van der Waals surface area contributed by atoms with Gasteiger partial charge in [0.2, 0.25) is 10.8 Å². The molecule has 35 heavy (non-hydrogen) atoms. The van der Waals surface area contributed by atoms with Crippen molar-refractivity contribution in [1.82, 2.24) is 14.7 Å². The van der Waals surface area contributed by atoms with Crippen LogP contribution in [0.15, 0.2) is 59.1 Å². The molecule has 0 unspecified atom stereocenters. The van der Waals surface area contributed by atoms with Crippen LogP contribution in [0.2, 0.25) is 5.02 Å². The van der Waals surface area contributed by atoms with E-state index in [-0.39, 0.29) is 16.2 Å². The average molecular weight is 513 g/mol. The fraction of sp³-hybridized carbons (Fsp3) is 0.174. The number of carbonyl (C=O) groups excluding carboxylic acids is 2. The van der Waals surface area contributed by atoms with E-state index in [0.717, 1.165) is 11.5 Å². The number of hydrogen-bond acceptors (Lipinski definition) is 8. The molecule has 0 spiro atoms. The van der Waals surface area contributed by atoms with E-state index in [1.807, 2.05) is 20.8 Å². The standard InChI is InChI=1S/C23H21ClN6O4S/c1-23(2,3)17-12-18(29-34-17)27-22(32)26-15-8-6-14(7-9-15)25-20(31)19-21(35-30-28-19)33-16-10-4-13(24)5-11-16/h4-12H,1-3H3,(H,25,31)(H2,26,27,29,32). The molecule has 0 aliphatic heterocycles. The van der Waals surface area contributed by atoms with E-state index in [0.29, 0.717) is 33.7 Å². The fourth-order valence-electron chi connectivity index (χ4n) is 2.79. The van der Waals surface area contributed by atoms with Gasteiger partial charge in [-0.15, -0.1) is 5.10 Å². The summed E-state index contributed by atoms with van der Waals surface area (Å²) in [5.41, 5.74) is 0.842. The Labute approximate surface area is 209 Å². The molecule has 180 valence electrons. The second-order valence-corrected chi connectivity index (χ2v) is 9.56. The van der Waals surface area contributed by atoms with Crippen molar-refractivity contribution in [3.63, 3.8) is 0 Å². The summed E-state index contributed by atoms with van der Waals surface area (Å²) in [7, 11) is 0. The van der Waals surface area contributed by atoms with Gasteiger partial charge in [0.1, 0.15) is 11.5 Å². The third-order valence-electron chi connectivity index (χ3n) is 4.59. The minimum atomic E-state index is -0.484. The number of amides is 3. The molecule has 0 bridgehead atoms. The number of rotatable bonds is 6. The van der Waals surface area contributed by atoms with E-state index in [1.54, 1.807) is 54.6 Å². The maximum atomic E-state index is 12.7. The molecule has 2 aromatic carbocycles. The van der Waals surface area contributed by atoms with Crippen molar-refractivity contribution >= 4 is 52.3 Å². The van der Waals surface area contributed by atoms with E-state index in [4.69, 9.17) is 20.9 Å². The minimum Gasteiger partial charge on any atom is -0.443 e. The molecule has 3 amide bonds. The number of nitrogens with zero attached hydrogens (tertiary/aromatic N) is 3. The van der Waals surface area contributed by atoms with Gasteiger partial charge in [0.25, 0.3) is 5.91 Å². The molecule has 0 fully saturated rings. The maximum Gasteiger partial charge on any atom is 0.324 e. The number of urea groups is 1. The zero-order valence-electron chi connectivity index (χ0n) is 19.0. The Morgan fingerprint density at radius 3 is 2.26 bits per heavy atom. The van der Waals surface area contributed by atoms with Crippen molar-refractivity contribution in [2.45, 2.75) is 26.2 Å². The topological polar surface area (TPSA) is 131 Å². The van der Waals surface area contributed by atoms with Crippen molar-refractivity contribution in [3.8, 4) is 10.8 Å². The number of halogens is 1. The minimum absolute atomic E-state index is 0.0498. The van der Waals surface area contributed by atoms with Crippen LogP contribution in [-0.2, 0) is 5.41 Å². The normalized spacial score (nSPS) is 11.1. The molecule has 0 aliphatic carbocycles. The summed E-state index contributed by atoms with van der Waals surface area (Å²) in [5, 5.41) is 16.6. The average Bonchev–Trinajstić information content (AvgIpc) is 3.46. The van der Waals surface area contributed by atoms with Gasteiger partial charge in [-0.1, -0.05) is 42.0 Å². The van der Waals surface area contributed by atoms with Crippen LogP contribution < -0.4 is 20.7 Å². The molecule has 2 heterocycles. The Hall–Kier alpha value is -3.96. The van der Waals surface area contributed by atoms with E-state index in [1.165, 1.54) is 0 Å². The van der Waals surface area contributed by atoms with Crippen molar-refractivity contribution in [3.05, 3.63) is 71.1 Å². The van der Waals surface area contributed by atoms with Crippen molar-refractivity contribution in [2.24, 2.45) is 0 Å². The van der Waals surface area contributed by atoms with Crippen LogP contribution in [0.4, 0.5) is 22.0 Å². The van der Waals surface area contributed by atoms with Gasteiger partial charge >= 0.3 is 6.03 Å². The molecule has 12 heteroatoms. The van der Waals surface area contributed by atoms with Gasteiger partial charge < -0.3 is 19.9 Å². The highest BCUT2D eigenvalue weighted by atomic mass is 35.5. The van der Waals surface area contributed by atoms with Crippen LogP contribution in [-0.4, -0.2) is 26.7 Å². The summed E-state index contributed by atoms with van der Waals surface area (Å²) in [6.07, 6.45) is 0. The van der Waals surface area contributed by atoms with Crippen molar-refractivity contribution < 1.29 is 18.8 Å². The molecule has 0 saturated heterocycles. The van der Waals surface area contributed by atoms with Gasteiger partial charge in [-0.25, -0.2) is 4.79 Å². The summed E-state index contributed by atoms with van der Waals surface area (Å²) >= 11 is 6.84. The molecule has 4 aromatic rings. The highest BCUT2D eigenvalue weighted by molar-refractivity contribution is 7.07. The summed E-state index contributed by atoms with van der Waals surface area (Å²) in [4.78, 5) is 24.9. The fourth-order valence-corrected chi connectivity index (χ4v) is 3.47. The van der Waals surface area contributed by atoms with Crippen LogP contribution >= 0.6 is 23.1 Å². The molecule has 2 aromatic heterocycles. The summed E-state index contributed by atoms with van der Waals surface area (Å²) in [5.74, 6) is 0.986. The summed E-state index contributed by atoms with van der Waals surface area (Å²) < 4.78 is 14.8. The lowest BCUT2D eigenvalue weighted by Crippen LogP contribution is -2.19. The molecular weight excluding hydrogens is 492 g/mol. The van der Waals surface area contributed by atoms with Crippen molar-refractivity contribution in [1.29, 1.82) is 0 Å². The monoisotopic (exact) mass is 512 g/mol. The van der Waals surface area contributed by atoms with Crippen LogP contribution in [0.1, 0.15) is 37.0 Å².